The summed E-state index contributed by atoms with van der Waals surface area (Å²) in [6.07, 6.45) is 4.62. The monoisotopic (exact) mass is 440 g/mol. The average molecular weight is 441 g/mol. The Hall–Kier alpha value is -2.00. The lowest BCUT2D eigenvalue weighted by Crippen LogP contribution is -2.52. The highest BCUT2D eigenvalue weighted by Gasteiger charge is 2.55. The summed E-state index contributed by atoms with van der Waals surface area (Å²) < 4.78 is 6.36. The molecule has 1 saturated carbocycles. The number of hydrogen-bond donors (Lipinski definition) is 1. The predicted octanol–water partition coefficient (Wildman–Crippen LogP) is 7.14. The highest BCUT2D eigenvalue weighted by molar-refractivity contribution is 6.30. The molecule has 2 aromatic carbocycles. The molecule has 0 heterocycles. The van der Waals surface area contributed by atoms with Crippen molar-refractivity contribution >= 4 is 17.6 Å². The summed E-state index contributed by atoms with van der Waals surface area (Å²) in [5.74, 6) is 0.775. The number of halogens is 1. The van der Waals surface area contributed by atoms with Crippen LogP contribution in [0.2, 0.25) is 5.02 Å². The van der Waals surface area contributed by atoms with Crippen molar-refractivity contribution in [3.8, 4) is 5.75 Å². The maximum Gasteiger partial charge on any atom is 0.309 e. The van der Waals surface area contributed by atoms with Gasteiger partial charge in [-0.05, 0) is 90.3 Å². The van der Waals surface area contributed by atoms with Crippen LogP contribution in [0.15, 0.2) is 36.4 Å². The van der Waals surface area contributed by atoms with Crippen molar-refractivity contribution in [3.05, 3.63) is 63.7 Å². The van der Waals surface area contributed by atoms with Crippen LogP contribution >= 0.6 is 11.6 Å². The van der Waals surface area contributed by atoms with Gasteiger partial charge in [-0.1, -0.05) is 57.0 Å². The van der Waals surface area contributed by atoms with Gasteiger partial charge in [0.05, 0.1) is 5.41 Å². The first-order valence-electron chi connectivity index (χ1n) is 11.4. The van der Waals surface area contributed by atoms with Gasteiger partial charge in [0.2, 0.25) is 0 Å². The number of carboxylic acid groups (broad SMARTS) is 1. The molecule has 2 aromatic rings. The molecule has 0 saturated heterocycles. The molecule has 0 aliphatic heterocycles. The Balaban J connectivity index is 1.73. The molecule has 0 bridgehead atoms. The van der Waals surface area contributed by atoms with E-state index in [1.165, 1.54) is 16.7 Å². The molecule has 2 aliphatic carbocycles. The molecule has 31 heavy (non-hydrogen) atoms. The second-order valence-corrected chi connectivity index (χ2v) is 10.6. The highest BCUT2D eigenvalue weighted by Crippen LogP contribution is 2.58. The molecule has 0 amide bonds. The van der Waals surface area contributed by atoms with Crippen molar-refractivity contribution in [2.24, 2.45) is 11.3 Å². The average Bonchev–Trinajstić information content (AvgIpc) is 2.72. The molecule has 1 fully saturated rings. The van der Waals surface area contributed by atoms with Gasteiger partial charge < -0.3 is 9.84 Å². The standard InChI is InChI=1S/C27H33ClO3/c1-17(2)21-14-19-8-11-24-26(3,12-5-13-27(24,4)25(29)30)22(19)15-23(21)31-16-18-6-9-20(28)10-7-18/h6-7,9-10,14-15,17,24H,5,8,11-13,16H2,1-4H3,(H,29,30)/t24-,26-,27-/m1/s1. The van der Waals surface area contributed by atoms with E-state index in [2.05, 4.69) is 32.9 Å². The molecule has 166 valence electrons. The molecule has 0 aromatic heterocycles. The molecule has 3 atom stereocenters. The van der Waals surface area contributed by atoms with Crippen molar-refractivity contribution in [1.82, 2.24) is 0 Å². The van der Waals surface area contributed by atoms with Crippen LogP contribution in [0.4, 0.5) is 0 Å². The van der Waals surface area contributed by atoms with E-state index in [9.17, 15) is 9.90 Å². The first kappa shape index (κ1) is 22.2. The summed E-state index contributed by atoms with van der Waals surface area (Å²) in [4.78, 5) is 12.2. The Bertz CT molecular complexity index is 981. The summed E-state index contributed by atoms with van der Waals surface area (Å²) in [7, 11) is 0. The van der Waals surface area contributed by atoms with Crippen LogP contribution < -0.4 is 4.74 Å². The predicted molar refractivity (Wildman–Crippen MR) is 125 cm³/mol. The maximum absolute atomic E-state index is 12.2. The fraction of sp³-hybridized carbons (Fsp3) is 0.519. The summed E-state index contributed by atoms with van der Waals surface area (Å²) in [6.45, 7) is 9.14. The molecule has 4 rings (SSSR count). The second-order valence-electron chi connectivity index (χ2n) is 10.2. The number of aryl methyl sites for hydroxylation is 1. The van der Waals surface area contributed by atoms with Gasteiger partial charge in [0.25, 0.3) is 0 Å². The van der Waals surface area contributed by atoms with Crippen molar-refractivity contribution in [2.75, 3.05) is 0 Å². The number of rotatable bonds is 5. The molecule has 0 radical (unpaired) electrons. The third-order valence-electron chi connectivity index (χ3n) is 7.90. The van der Waals surface area contributed by atoms with Crippen molar-refractivity contribution in [3.63, 3.8) is 0 Å². The Morgan fingerprint density at radius 2 is 1.90 bits per heavy atom. The lowest BCUT2D eigenvalue weighted by atomic mass is 9.49. The van der Waals surface area contributed by atoms with Crippen LogP contribution in [0.1, 0.15) is 81.5 Å². The van der Waals surface area contributed by atoms with Crippen molar-refractivity contribution < 1.29 is 14.6 Å². The van der Waals surface area contributed by atoms with Gasteiger partial charge in [0.15, 0.2) is 0 Å². The number of carbonyl (C=O) groups is 1. The largest absolute Gasteiger partial charge is 0.489 e. The minimum atomic E-state index is -0.661. The van der Waals surface area contributed by atoms with Crippen LogP contribution in [0.25, 0.3) is 0 Å². The molecule has 3 nitrogen and oxygen atoms in total. The van der Waals surface area contributed by atoms with Crippen molar-refractivity contribution in [2.45, 2.75) is 77.7 Å². The summed E-state index contributed by atoms with van der Waals surface area (Å²) >= 11 is 6.02. The Kier molecular flexibility index (Phi) is 5.85. The fourth-order valence-corrected chi connectivity index (χ4v) is 6.22. The number of hydrogen-bond acceptors (Lipinski definition) is 2. The van der Waals surface area contributed by atoms with E-state index in [1.807, 2.05) is 31.2 Å². The first-order chi connectivity index (χ1) is 14.6. The minimum Gasteiger partial charge on any atom is -0.489 e. The molecule has 0 unspecified atom stereocenters. The van der Waals surface area contributed by atoms with E-state index >= 15 is 0 Å². The molecular weight excluding hydrogens is 408 g/mol. The smallest absolute Gasteiger partial charge is 0.309 e. The number of fused-ring (bicyclic) bond motifs is 3. The van der Waals surface area contributed by atoms with Crippen LogP contribution in [0.3, 0.4) is 0 Å². The minimum absolute atomic E-state index is 0.132. The second kappa shape index (κ2) is 8.16. The number of aliphatic carboxylic acids is 1. The highest BCUT2D eigenvalue weighted by atomic mass is 35.5. The van der Waals surface area contributed by atoms with Gasteiger partial charge in [0.1, 0.15) is 12.4 Å². The molecule has 4 heteroatoms. The van der Waals surface area contributed by atoms with Crippen LogP contribution in [-0.2, 0) is 23.2 Å². The molecule has 1 N–H and O–H groups in total. The fourth-order valence-electron chi connectivity index (χ4n) is 6.09. The zero-order valence-corrected chi connectivity index (χ0v) is 19.8. The Morgan fingerprint density at radius 1 is 1.19 bits per heavy atom. The molecule has 2 aliphatic rings. The molecule has 0 spiro atoms. The first-order valence-corrected chi connectivity index (χ1v) is 11.8. The lowest BCUT2D eigenvalue weighted by Gasteiger charge is -2.53. The topological polar surface area (TPSA) is 46.5 Å². The SMILES string of the molecule is CC(C)c1cc2c(cc1OCc1ccc(Cl)cc1)[C@@]1(C)CCC[C@@](C)(C(=O)O)[C@@H]1CC2. The van der Waals surface area contributed by atoms with Crippen LogP contribution in [0, 0.1) is 11.3 Å². The van der Waals surface area contributed by atoms with Gasteiger partial charge >= 0.3 is 5.97 Å². The summed E-state index contributed by atoms with van der Waals surface area (Å²) in [5, 5.41) is 10.8. The number of carboxylic acids is 1. The van der Waals surface area contributed by atoms with Gasteiger partial charge in [-0.15, -0.1) is 0 Å². The third-order valence-corrected chi connectivity index (χ3v) is 8.15. The third kappa shape index (κ3) is 3.86. The van der Waals surface area contributed by atoms with E-state index < -0.39 is 11.4 Å². The Labute approximate surface area is 190 Å². The number of ether oxygens (including phenoxy) is 1. The van der Waals surface area contributed by atoms with Gasteiger partial charge in [0, 0.05) is 5.02 Å². The zero-order chi connectivity index (χ0) is 22.4. The summed E-state index contributed by atoms with van der Waals surface area (Å²) in [6, 6.07) is 12.3. The van der Waals surface area contributed by atoms with E-state index in [4.69, 9.17) is 16.3 Å². The van der Waals surface area contributed by atoms with Crippen LogP contribution in [0.5, 0.6) is 5.75 Å². The van der Waals surface area contributed by atoms with Gasteiger partial charge in [-0.3, -0.25) is 4.79 Å². The maximum atomic E-state index is 12.2. The van der Waals surface area contributed by atoms with E-state index in [0.717, 1.165) is 48.4 Å². The molecular formula is C27H33ClO3. The van der Waals surface area contributed by atoms with E-state index in [0.29, 0.717) is 12.5 Å². The van der Waals surface area contributed by atoms with Gasteiger partial charge in [-0.25, -0.2) is 0 Å². The normalized spacial score (nSPS) is 27.5. The number of benzene rings is 2. The van der Waals surface area contributed by atoms with Crippen LogP contribution in [-0.4, -0.2) is 11.1 Å². The Morgan fingerprint density at radius 3 is 2.55 bits per heavy atom. The van der Waals surface area contributed by atoms with Crippen molar-refractivity contribution in [1.29, 1.82) is 0 Å². The van der Waals surface area contributed by atoms with E-state index in [-0.39, 0.29) is 11.3 Å². The lowest BCUT2D eigenvalue weighted by molar-refractivity contribution is -0.157. The quantitative estimate of drug-likeness (QED) is 0.537. The van der Waals surface area contributed by atoms with Gasteiger partial charge in [-0.2, -0.15) is 0 Å². The van der Waals surface area contributed by atoms with E-state index in [1.54, 1.807) is 0 Å². The summed E-state index contributed by atoms with van der Waals surface area (Å²) in [5.41, 5.74) is 4.18. The zero-order valence-electron chi connectivity index (χ0n) is 19.0.